The van der Waals surface area contributed by atoms with Crippen LogP contribution in [0.4, 0.5) is 0 Å². The second-order valence-electron chi connectivity index (χ2n) is 6.49. The van der Waals surface area contributed by atoms with Gasteiger partial charge in [0.25, 0.3) is 0 Å². The molecule has 0 heterocycles. The third-order valence-corrected chi connectivity index (χ3v) is 4.62. The molecule has 0 bridgehead atoms. The Bertz CT molecular complexity index is 648. The molecule has 0 aliphatic heterocycles. The summed E-state index contributed by atoms with van der Waals surface area (Å²) in [6.45, 7) is 7.07. The summed E-state index contributed by atoms with van der Waals surface area (Å²) in [5.74, 6) is 1.42. The molecule has 8 heteroatoms. The maximum atomic E-state index is 11.4. The van der Waals surface area contributed by atoms with Crippen LogP contribution in [-0.2, 0) is 16.6 Å². The predicted octanol–water partition coefficient (Wildman–Crippen LogP) is 2.83. The van der Waals surface area contributed by atoms with Crippen LogP contribution in [0.15, 0.2) is 34.2 Å². The standard InChI is InChI=1S/C17H30N4O2S.HI/c1-13(2)7-5-8-14(3)21-17(19-4)20-12-15-9-6-10-16(11-15)24(18,22)23;/h6,9-11,13-14H,5,7-8,12H2,1-4H3,(H2,18,22,23)(H2,19,20,21);1H. The first-order chi connectivity index (χ1) is 11.2. The topological polar surface area (TPSA) is 96.6 Å². The maximum Gasteiger partial charge on any atom is 0.238 e. The first-order valence-corrected chi connectivity index (χ1v) is 9.86. The number of primary sulfonamides is 1. The second kappa shape index (κ2) is 11.7. The molecule has 6 nitrogen and oxygen atoms in total. The van der Waals surface area contributed by atoms with Crippen molar-refractivity contribution in [1.29, 1.82) is 0 Å². The first-order valence-electron chi connectivity index (χ1n) is 8.31. The summed E-state index contributed by atoms with van der Waals surface area (Å²) in [4.78, 5) is 4.33. The first kappa shape index (κ1) is 24.1. The molecule has 0 radical (unpaired) electrons. The molecule has 0 fully saturated rings. The van der Waals surface area contributed by atoms with Gasteiger partial charge in [0.15, 0.2) is 5.96 Å². The maximum absolute atomic E-state index is 11.4. The zero-order valence-electron chi connectivity index (χ0n) is 15.5. The van der Waals surface area contributed by atoms with E-state index in [0.717, 1.165) is 17.9 Å². The van der Waals surface area contributed by atoms with E-state index in [9.17, 15) is 8.42 Å². The lowest BCUT2D eigenvalue weighted by atomic mass is 10.0. The number of rotatable bonds is 8. The van der Waals surface area contributed by atoms with Gasteiger partial charge < -0.3 is 10.6 Å². The van der Waals surface area contributed by atoms with Crippen molar-refractivity contribution in [3.8, 4) is 0 Å². The minimum absolute atomic E-state index is 0. The van der Waals surface area contributed by atoms with E-state index in [2.05, 4.69) is 36.4 Å². The normalized spacial score (nSPS) is 13.3. The van der Waals surface area contributed by atoms with Crippen LogP contribution in [0.3, 0.4) is 0 Å². The molecule has 0 amide bonds. The summed E-state index contributed by atoms with van der Waals surface area (Å²) in [5, 5.41) is 11.7. The Hall–Kier alpha value is -0.870. The number of halogens is 1. The van der Waals surface area contributed by atoms with Crippen molar-refractivity contribution < 1.29 is 8.42 Å². The molecule has 1 aromatic carbocycles. The fraction of sp³-hybridized carbons (Fsp3) is 0.588. The molecule has 1 atom stereocenters. The van der Waals surface area contributed by atoms with Gasteiger partial charge in [0.2, 0.25) is 10.0 Å². The summed E-state index contributed by atoms with van der Waals surface area (Å²) in [6, 6.07) is 6.91. The van der Waals surface area contributed by atoms with Crippen molar-refractivity contribution in [3.05, 3.63) is 29.8 Å². The van der Waals surface area contributed by atoms with Gasteiger partial charge in [-0.25, -0.2) is 13.6 Å². The number of nitrogens with one attached hydrogen (secondary N) is 2. The molecule has 144 valence electrons. The van der Waals surface area contributed by atoms with Crippen molar-refractivity contribution in [2.75, 3.05) is 7.05 Å². The summed E-state index contributed by atoms with van der Waals surface area (Å²) < 4.78 is 22.8. The van der Waals surface area contributed by atoms with Crippen LogP contribution in [0.2, 0.25) is 0 Å². The van der Waals surface area contributed by atoms with E-state index in [1.165, 1.54) is 18.9 Å². The molecule has 1 rings (SSSR count). The van der Waals surface area contributed by atoms with Crippen molar-refractivity contribution in [2.45, 2.75) is 57.5 Å². The van der Waals surface area contributed by atoms with E-state index in [1.54, 1.807) is 19.2 Å². The van der Waals surface area contributed by atoms with Gasteiger partial charge in [0.05, 0.1) is 4.90 Å². The predicted molar refractivity (Wildman–Crippen MR) is 115 cm³/mol. The van der Waals surface area contributed by atoms with Crippen LogP contribution in [0, 0.1) is 5.92 Å². The molecule has 1 unspecified atom stereocenters. The lowest BCUT2D eigenvalue weighted by Gasteiger charge is -2.18. The molecule has 0 aromatic heterocycles. The Labute approximate surface area is 169 Å². The average Bonchev–Trinajstić information content (AvgIpc) is 2.50. The number of nitrogens with two attached hydrogens (primary N) is 1. The quantitative estimate of drug-likeness (QED) is 0.302. The number of guanidine groups is 1. The Morgan fingerprint density at radius 3 is 2.48 bits per heavy atom. The van der Waals surface area contributed by atoms with Crippen molar-refractivity contribution >= 4 is 40.0 Å². The summed E-state index contributed by atoms with van der Waals surface area (Å²) in [7, 11) is -1.96. The Morgan fingerprint density at radius 2 is 1.92 bits per heavy atom. The number of benzene rings is 1. The summed E-state index contributed by atoms with van der Waals surface area (Å²) in [5.41, 5.74) is 0.830. The Kier molecular flexibility index (Phi) is 11.3. The molecule has 0 aliphatic carbocycles. The highest BCUT2D eigenvalue weighted by Gasteiger charge is 2.09. The molecule has 1 aromatic rings. The van der Waals surface area contributed by atoms with Crippen LogP contribution in [0.1, 0.15) is 45.6 Å². The van der Waals surface area contributed by atoms with Crippen LogP contribution in [0.5, 0.6) is 0 Å². The van der Waals surface area contributed by atoms with E-state index in [4.69, 9.17) is 5.14 Å². The smallest absolute Gasteiger partial charge is 0.238 e. The average molecular weight is 482 g/mol. The largest absolute Gasteiger partial charge is 0.354 e. The zero-order valence-corrected chi connectivity index (χ0v) is 18.6. The summed E-state index contributed by atoms with van der Waals surface area (Å²) in [6.07, 6.45) is 3.48. The monoisotopic (exact) mass is 482 g/mol. The van der Waals surface area contributed by atoms with Crippen LogP contribution >= 0.6 is 24.0 Å². The molecule has 0 spiro atoms. The van der Waals surface area contributed by atoms with Crippen molar-refractivity contribution in [3.63, 3.8) is 0 Å². The van der Waals surface area contributed by atoms with Crippen molar-refractivity contribution in [2.24, 2.45) is 16.0 Å². The number of aliphatic imine (C=N–C) groups is 1. The lowest BCUT2D eigenvalue weighted by molar-refractivity contribution is 0.491. The van der Waals surface area contributed by atoms with Gasteiger partial charge >= 0.3 is 0 Å². The SMILES string of the molecule is CN=C(NCc1cccc(S(N)(=O)=O)c1)NC(C)CCCC(C)C.I. The highest BCUT2D eigenvalue weighted by Crippen LogP contribution is 2.10. The minimum atomic E-state index is -3.68. The highest BCUT2D eigenvalue weighted by molar-refractivity contribution is 14.0. The fourth-order valence-electron chi connectivity index (χ4n) is 2.35. The number of hydrogen-bond acceptors (Lipinski definition) is 3. The van der Waals surface area contributed by atoms with Gasteiger partial charge in [-0.3, -0.25) is 4.99 Å². The second-order valence-corrected chi connectivity index (χ2v) is 8.05. The molecule has 4 N–H and O–H groups in total. The van der Waals surface area contributed by atoms with Gasteiger partial charge in [0, 0.05) is 19.6 Å². The Balaban J connectivity index is 0.00000576. The molecule has 0 saturated heterocycles. The van der Waals surface area contributed by atoms with Crippen LogP contribution in [0.25, 0.3) is 0 Å². The van der Waals surface area contributed by atoms with Gasteiger partial charge in [-0.2, -0.15) is 0 Å². The van der Waals surface area contributed by atoms with E-state index in [1.807, 2.05) is 6.07 Å². The number of hydrogen-bond donors (Lipinski definition) is 3. The van der Waals surface area contributed by atoms with E-state index in [-0.39, 0.29) is 28.9 Å². The zero-order chi connectivity index (χ0) is 18.2. The summed E-state index contributed by atoms with van der Waals surface area (Å²) >= 11 is 0. The third kappa shape index (κ3) is 10.0. The van der Waals surface area contributed by atoms with Gasteiger partial charge in [-0.15, -0.1) is 24.0 Å². The van der Waals surface area contributed by atoms with E-state index in [0.29, 0.717) is 18.5 Å². The molecular formula is C17H31IN4O2S. The molecule has 0 saturated carbocycles. The molecule has 0 aliphatic rings. The van der Waals surface area contributed by atoms with Crippen LogP contribution in [-0.4, -0.2) is 27.5 Å². The lowest BCUT2D eigenvalue weighted by Crippen LogP contribution is -2.41. The van der Waals surface area contributed by atoms with Gasteiger partial charge in [-0.05, 0) is 37.0 Å². The van der Waals surface area contributed by atoms with E-state index < -0.39 is 10.0 Å². The minimum Gasteiger partial charge on any atom is -0.354 e. The molecule has 25 heavy (non-hydrogen) atoms. The van der Waals surface area contributed by atoms with Crippen molar-refractivity contribution in [1.82, 2.24) is 10.6 Å². The number of sulfonamides is 1. The van der Waals surface area contributed by atoms with Crippen LogP contribution < -0.4 is 15.8 Å². The Morgan fingerprint density at radius 1 is 1.24 bits per heavy atom. The third-order valence-electron chi connectivity index (χ3n) is 3.71. The number of nitrogens with zero attached hydrogens (tertiary/aromatic N) is 1. The van der Waals surface area contributed by atoms with E-state index >= 15 is 0 Å². The highest BCUT2D eigenvalue weighted by atomic mass is 127. The molecular weight excluding hydrogens is 451 g/mol. The fourth-order valence-corrected chi connectivity index (χ4v) is 2.93. The van der Waals surface area contributed by atoms with Gasteiger partial charge in [-0.1, -0.05) is 38.8 Å². The van der Waals surface area contributed by atoms with Gasteiger partial charge in [0.1, 0.15) is 0 Å².